The number of pyridine rings is 1. The molecule has 0 saturated heterocycles. The van der Waals surface area contributed by atoms with Crippen molar-refractivity contribution in [1.82, 2.24) is 4.98 Å². The van der Waals surface area contributed by atoms with E-state index in [9.17, 15) is 0 Å². The molecule has 0 bridgehead atoms. The van der Waals surface area contributed by atoms with Crippen LogP contribution in [0.1, 0.15) is 11.3 Å². The van der Waals surface area contributed by atoms with Gasteiger partial charge in [0.2, 0.25) is 5.88 Å². The second-order valence-corrected chi connectivity index (χ2v) is 2.58. The number of halogens is 1. The molecule has 0 aliphatic carbocycles. The molecule has 1 aliphatic heterocycles. The molecule has 0 aromatic carbocycles. The normalized spacial score (nSPS) is 12.9. The Morgan fingerprint density at radius 3 is 3.00 bits per heavy atom. The van der Waals surface area contributed by atoms with Gasteiger partial charge in [-0.2, -0.15) is 0 Å². The number of nitrogens with zero attached hydrogens (tertiary/aromatic N) is 2. The maximum atomic E-state index is 9.09. The van der Waals surface area contributed by atoms with Gasteiger partial charge < -0.3 is 5.11 Å². The van der Waals surface area contributed by atoms with Crippen LogP contribution < -0.4 is 0 Å². The quantitative estimate of drug-likeness (QED) is 0.687. The number of hydrogen-bond donors (Lipinski definition) is 1. The van der Waals surface area contributed by atoms with Gasteiger partial charge >= 0.3 is 0 Å². The van der Waals surface area contributed by atoms with Crippen molar-refractivity contribution in [3.63, 3.8) is 0 Å². The first kappa shape index (κ1) is 9.74. The third-order valence-electron chi connectivity index (χ3n) is 1.72. The topological polar surface area (TPSA) is 45.5 Å². The number of aromatic hydroxyl groups is 1. The van der Waals surface area contributed by atoms with E-state index < -0.39 is 0 Å². The maximum absolute atomic E-state index is 9.09. The Morgan fingerprint density at radius 1 is 1.31 bits per heavy atom. The van der Waals surface area contributed by atoms with Gasteiger partial charge in [-0.15, -0.1) is 12.4 Å². The molecule has 0 fully saturated rings. The molecule has 2 rings (SSSR count). The summed E-state index contributed by atoms with van der Waals surface area (Å²) in [6.07, 6.45) is 6.17. The minimum atomic E-state index is 0. The van der Waals surface area contributed by atoms with Crippen molar-refractivity contribution in [2.45, 2.75) is 6.42 Å². The highest BCUT2D eigenvalue weighted by Gasteiger charge is 2.02. The first-order valence-electron chi connectivity index (χ1n) is 3.73. The first-order chi connectivity index (χ1) is 5.86. The molecule has 1 aliphatic rings. The lowest BCUT2D eigenvalue weighted by molar-refractivity contribution is 0.453. The molecule has 1 aromatic heterocycles. The van der Waals surface area contributed by atoms with Gasteiger partial charge in [0.05, 0.1) is 11.9 Å². The van der Waals surface area contributed by atoms with E-state index in [4.69, 9.17) is 5.11 Å². The van der Waals surface area contributed by atoms with Crippen molar-refractivity contribution in [1.29, 1.82) is 0 Å². The highest BCUT2D eigenvalue weighted by molar-refractivity contribution is 5.85. The molecule has 0 spiro atoms. The van der Waals surface area contributed by atoms with E-state index in [1.54, 1.807) is 18.5 Å². The molecule has 0 amide bonds. The van der Waals surface area contributed by atoms with Gasteiger partial charge in [0.25, 0.3) is 0 Å². The summed E-state index contributed by atoms with van der Waals surface area (Å²) in [7, 11) is 0. The van der Waals surface area contributed by atoms with Crippen LogP contribution in [0.25, 0.3) is 0 Å². The number of aromatic nitrogens is 1. The fourth-order valence-corrected chi connectivity index (χ4v) is 1.13. The third-order valence-corrected chi connectivity index (χ3v) is 1.72. The van der Waals surface area contributed by atoms with E-state index in [1.165, 1.54) is 0 Å². The smallest absolute Gasteiger partial charge is 0.211 e. The zero-order valence-corrected chi connectivity index (χ0v) is 7.66. The second kappa shape index (κ2) is 4.05. The lowest BCUT2D eigenvalue weighted by Crippen LogP contribution is -1.93. The van der Waals surface area contributed by atoms with Crippen LogP contribution in [0.3, 0.4) is 0 Å². The van der Waals surface area contributed by atoms with Crippen molar-refractivity contribution in [3.05, 3.63) is 35.7 Å². The van der Waals surface area contributed by atoms with Gasteiger partial charge in [-0.1, -0.05) is 12.1 Å². The average molecular weight is 197 g/mol. The van der Waals surface area contributed by atoms with Crippen molar-refractivity contribution in [3.8, 4) is 5.88 Å². The van der Waals surface area contributed by atoms with Crippen LogP contribution in [-0.2, 0) is 6.42 Å². The first-order valence-corrected chi connectivity index (χ1v) is 3.73. The summed E-state index contributed by atoms with van der Waals surface area (Å²) in [6.45, 7) is 0. The minimum absolute atomic E-state index is 0. The van der Waals surface area contributed by atoms with E-state index in [-0.39, 0.29) is 18.3 Å². The Balaban J connectivity index is 0.000000845. The summed E-state index contributed by atoms with van der Waals surface area (Å²) in [4.78, 5) is 7.91. The summed E-state index contributed by atoms with van der Waals surface area (Å²) < 4.78 is 0. The highest BCUT2D eigenvalue weighted by Crippen LogP contribution is 2.12. The molecule has 1 N–H and O–H groups in total. The highest BCUT2D eigenvalue weighted by atomic mass is 35.5. The Hall–Kier alpha value is -1.35. The SMILES string of the molecule is Cl.Oc1ccc2c(n1)C=NC=CC2. The number of fused-ring (bicyclic) bond motifs is 1. The Bertz CT molecular complexity index is 361. The van der Waals surface area contributed by atoms with Crippen LogP contribution in [-0.4, -0.2) is 16.3 Å². The van der Waals surface area contributed by atoms with Crippen LogP contribution in [0.4, 0.5) is 0 Å². The number of hydrogen-bond acceptors (Lipinski definition) is 3. The van der Waals surface area contributed by atoms with Crippen LogP contribution in [0.15, 0.2) is 29.4 Å². The summed E-state index contributed by atoms with van der Waals surface area (Å²) in [5, 5.41) is 9.09. The molecule has 3 nitrogen and oxygen atoms in total. The average Bonchev–Trinajstić information content (AvgIpc) is 2.28. The Kier molecular flexibility index (Phi) is 3.03. The van der Waals surface area contributed by atoms with Gasteiger partial charge in [0.1, 0.15) is 0 Å². The molecule has 0 unspecified atom stereocenters. The van der Waals surface area contributed by atoms with E-state index in [2.05, 4.69) is 9.98 Å². The fourth-order valence-electron chi connectivity index (χ4n) is 1.13. The summed E-state index contributed by atoms with van der Waals surface area (Å²) in [6, 6.07) is 3.45. The molecular weight excluding hydrogens is 188 g/mol. The number of aliphatic imine (C=N–C) groups is 1. The second-order valence-electron chi connectivity index (χ2n) is 2.58. The molecule has 68 valence electrons. The standard InChI is InChI=1S/C9H8N2O.ClH/c12-9-4-3-7-2-1-5-10-6-8(7)11-9;/h1,3-6H,2H2,(H,11,12);1H. The molecular formula is C9H9ClN2O. The molecule has 1 aromatic rings. The van der Waals surface area contributed by atoms with Crippen molar-refractivity contribution < 1.29 is 5.11 Å². The van der Waals surface area contributed by atoms with Crippen molar-refractivity contribution in [2.24, 2.45) is 4.99 Å². The zero-order chi connectivity index (χ0) is 8.39. The summed E-state index contributed by atoms with van der Waals surface area (Å²) in [5.41, 5.74) is 1.84. The maximum Gasteiger partial charge on any atom is 0.211 e. The Morgan fingerprint density at radius 2 is 2.15 bits per heavy atom. The van der Waals surface area contributed by atoms with Crippen molar-refractivity contribution in [2.75, 3.05) is 0 Å². The number of rotatable bonds is 0. The Labute approximate surface area is 82.3 Å². The fraction of sp³-hybridized carbons (Fsp3) is 0.111. The third kappa shape index (κ3) is 2.06. The van der Waals surface area contributed by atoms with Crippen LogP contribution in [0, 0.1) is 0 Å². The largest absolute Gasteiger partial charge is 0.493 e. The van der Waals surface area contributed by atoms with Gasteiger partial charge in [-0.3, -0.25) is 4.99 Å². The minimum Gasteiger partial charge on any atom is -0.493 e. The van der Waals surface area contributed by atoms with Gasteiger partial charge in [0, 0.05) is 12.3 Å². The van der Waals surface area contributed by atoms with Crippen LogP contribution in [0.5, 0.6) is 5.88 Å². The van der Waals surface area contributed by atoms with E-state index in [1.807, 2.05) is 12.1 Å². The molecule has 0 atom stereocenters. The van der Waals surface area contributed by atoms with E-state index in [0.717, 1.165) is 17.7 Å². The van der Waals surface area contributed by atoms with Crippen LogP contribution in [0.2, 0.25) is 0 Å². The lowest BCUT2D eigenvalue weighted by Gasteiger charge is -1.99. The molecule has 0 radical (unpaired) electrons. The summed E-state index contributed by atoms with van der Waals surface area (Å²) in [5.74, 6) is 0.0436. The monoisotopic (exact) mass is 196 g/mol. The van der Waals surface area contributed by atoms with Gasteiger partial charge in [-0.05, 0) is 12.0 Å². The predicted octanol–water partition coefficient (Wildman–Crippen LogP) is 1.70. The predicted molar refractivity (Wildman–Crippen MR) is 53.6 cm³/mol. The van der Waals surface area contributed by atoms with Gasteiger partial charge in [0.15, 0.2) is 0 Å². The van der Waals surface area contributed by atoms with Crippen LogP contribution >= 0.6 is 12.4 Å². The number of allylic oxidation sites excluding steroid dienone is 1. The summed E-state index contributed by atoms with van der Waals surface area (Å²) >= 11 is 0. The molecule has 2 heterocycles. The molecule has 13 heavy (non-hydrogen) atoms. The van der Waals surface area contributed by atoms with Crippen molar-refractivity contribution >= 4 is 18.6 Å². The molecule has 0 saturated carbocycles. The van der Waals surface area contributed by atoms with E-state index >= 15 is 0 Å². The lowest BCUT2D eigenvalue weighted by atomic mass is 10.1. The van der Waals surface area contributed by atoms with Gasteiger partial charge in [-0.25, -0.2) is 4.98 Å². The van der Waals surface area contributed by atoms with E-state index in [0.29, 0.717) is 0 Å². The molecule has 4 heteroatoms. The zero-order valence-electron chi connectivity index (χ0n) is 6.84.